The van der Waals surface area contributed by atoms with Gasteiger partial charge in [-0.15, -0.1) is 0 Å². The van der Waals surface area contributed by atoms with Gasteiger partial charge < -0.3 is 9.47 Å². The summed E-state index contributed by atoms with van der Waals surface area (Å²) < 4.78 is 11.8. The van der Waals surface area contributed by atoms with Crippen LogP contribution in [-0.4, -0.2) is 30.1 Å². The van der Waals surface area contributed by atoms with Gasteiger partial charge in [0, 0.05) is 18.0 Å². The number of aryl methyl sites for hydroxylation is 2. The van der Waals surface area contributed by atoms with Gasteiger partial charge in [-0.1, -0.05) is 34.6 Å². The Bertz CT molecular complexity index is 1180. The molecule has 4 aromatic rings. The Hall–Kier alpha value is -3.45. The van der Waals surface area contributed by atoms with E-state index in [0.29, 0.717) is 34.3 Å². The normalized spacial score (nSPS) is 10.8. The van der Waals surface area contributed by atoms with Gasteiger partial charge in [0.1, 0.15) is 21.7 Å². The second kappa shape index (κ2) is 8.73. The van der Waals surface area contributed by atoms with E-state index >= 15 is 0 Å². The number of benzene rings is 2. The van der Waals surface area contributed by atoms with Crippen molar-refractivity contribution in [3.8, 4) is 11.5 Å². The summed E-state index contributed by atoms with van der Waals surface area (Å²) in [6.45, 7) is 4.33. The zero-order valence-corrected chi connectivity index (χ0v) is 18.7. The third-order valence-corrected chi connectivity index (χ3v) is 6.00. The molecule has 0 bridgehead atoms. The third-order valence-electron chi connectivity index (χ3n) is 4.91. The molecule has 0 aliphatic rings. The Morgan fingerprint density at radius 2 is 1.74 bits per heavy atom. The van der Waals surface area contributed by atoms with Gasteiger partial charge in [0.2, 0.25) is 0 Å². The standard InChI is InChI=1S/C24H23N3O3S/c1-15-10-16(2)12-18(11-15)23(28)27(14-17-6-5-9-25-13-17)24-26-21-19(29-3)7-8-20(30-4)22(21)31-24/h5-13H,14H2,1-4H3. The highest BCUT2D eigenvalue weighted by molar-refractivity contribution is 7.22. The Morgan fingerprint density at radius 3 is 2.39 bits per heavy atom. The van der Waals surface area contributed by atoms with E-state index in [9.17, 15) is 4.79 Å². The van der Waals surface area contributed by atoms with E-state index in [-0.39, 0.29) is 5.91 Å². The van der Waals surface area contributed by atoms with Crippen molar-refractivity contribution in [2.45, 2.75) is 20.4 Å². The molecule has 0 radical (unpaired) electrons. The smallest absolute Gasteiger partial charge is 0.260 e. The van der Waals surface area contributed by atoms with Crippen LogP contribution >= 0.6 is 11.3 Å². The number of pyridine rings is 1. The Labute approximate surface area is 185 Å². The van der Waals surface area contributed by atoms with Gasteiger partial charge in [0.15, 0.2) is 5.13 Å². The van der Waals surface area contributed by atoms with Gasteiger partial charge in [0.05, 0.1) is 20.8 Å². The predicted molar refractivity (Wildman–Crippen MR) is 123 cm³/mol. The van der Waals surface area contributed by atoms with E-state index in [2.05, 4.69) is 11.1 Å². The summed E-state index contributed by atoms with van der Waals surface area (Å²) in [4.78, 5) is 24.3. The number of thiazole rings is 1. The number of hydrogen-bond donors (Lipinski definition) is 0. The summed E-state index contributed by atoms with van der Waals surface area (Å²) in [5, 5.41) is 0.575. The number of nitrogens with zero attached hydrogens (tertiary/aromatic N) is 3. The second-order valence-corrected chi connectivity index (χ2v) is 8.25. The van der Waals surface area contributed by atoms with Crippen molar-refractivity contribution in [1.29, 1.82) is 0 Å². The zero-order chi connectivity index (χ0) is 22.0. The third kappa shape index (κ3) is 4.22. The van der Waals surface area contributed by atoms with Gasteiger partial charge >= 0.3 is 0 Å². The molecule has 0 fully saturated rings. The molecular formula is C24H23N3O3S. The summed E-state index contributed by atoms with van der Waals surface area (Å²) in [5.74, 6) is 1.21. The lowest BCUT2D eigenvalue weighted by atomic mass is 10.1. The number of carbonyl (C=O) groups is 1. The molecule has 158 valence electrons. The van der Waals surface area contributed by atoms with Crippen LogP contribution in [0.1, 0.15) is 27.0 Å². The first-order valence-electron chi connectivity index (χ1n) is 9.80. The summed E-state index contributed by atoms with van der Waals surface area (Å²) in [6.07, 6.45) is 3.48. The van der Waals surface area contributed by atoms with Crippen LogP contribution in [0.3, 0.4) is 0 Å². The first-order chi connectivity index (χ1) is 15.0. The van der Waals surface area contributed by atoms with Crippen molar-refractivity contribution in [2.75, 3.05) is 19.1 Å². The van der Waals surface area contributed by atoms with Crippen LogP contribution in [0.25, 0.3) is 10.2 Å². The monoisotopic (exact) mass is 433 g/mol. The number of fused-ring (bicyclic) bond motifs is 1. The highest BCUT2D eigenvalue weighted by Crippen LogP contribution is 2.40. The van der Waals surface area contributed by atoms with Crippen molar-refractivity contribution < 1.29 is 14.3 Å². The summed E-state index contributed by atoms with van der Waals surface area (Å²) >= 11 is 1.41. The number of amides is 1. The maximum atomic E-state index is 13.6. The molecule has 2 aromatic carbocycles. The molecule has 0 N–H and O–H groups in total. The predicted octanol–water partition coefficient (Wildman–Crippen LogP) is 5.17. The van der Waals surface area contributed by atoms with E-state index in [1.54, 1.807) is 31.5 Å². The number of anilines is 1. The molecule has 2 heterocycles. The molecule has 7 heteroatoms. The van der Waals surface area contributed by atoms with Gasteiger partial charge in [-0.25, -0.2) is 4.98 Å². The fourth-order valence-corrected chi connectivity index (χ4v) is 4.62. The van der Waals surface area contributed by atoms with Crippen molar-refractivity contribution in [3.05, 3.63) is 77.1 Å². The van der Waals surface area contributed by atoms with Crippen LogP contribution in [0, 0.1) is 13.8 Å². The van der Waals surface area contributed by atoms with E-state index in [0.717, 1.165) is 21.4 Å². The fraction of sp³-hybridized carbons (Fsp3) is 0.208. The molecule has 0 atom stereocenters. The molecule has 31 heavy (non-hydrogen) atoms. The minimum Gasteiger partial charge on any atom is -0.495 e. The number of hydrogen-bond acceptors (Lipinski definition) is 6. The fourth-order valence-electron chi connectivity index (χ4n) is 3.54. The lowest BCUT2D eigenvalue weighted by Gasteiger charge is -2.20. The minimum absolute atomic E-state index is 0.118. The molecule has 0 spiro atoms. The average molecular weight is 434 g/mol. The molecule has 0 unspecified atom stereocenters. The quantitative estimate of drug-likeness (QED) is 0.420. The van der Waals surface area contributed by atoms with Gasteiger partial charge in [-0.05, 0) is 49.7 Å². The van der Waals surface area contributed by atoms with E-state index < -0.39 is 0 Å². The number of rotatable bonds is 6. The lowest BCUT2D eigenvalue weighted by Crippen LogP contribution is -2.30. The summed E-state index contributed by atoms with van der Waals surface area (Å²) in [6, 6.07) is 13.3. The molecule has 0 aliphatic carbocycles. The van der Waals surface area contributed by atoms with Crippen molar-refractivity contribution in [3.63, 3.8) is 0 Å². The number of carbonyl (C=O) groups excluding carboxylic acids is 1. The highest BCUT2D eigenvalue weighted by atomic mass is 32.1. The molecular weight excluding hydrogens is 410 g/mol. The van der Waals surface area contributed by atoms with Crippen LogP contribution in [0.15, 0.2) is 54.9 Å². The van der Waals surface area contributed by atoms with Gasteiger partial charge in [0.25, 0.3) is 5.91 Å². The zero-order valence-electron chi connectivity index (χ0n) is 17.9. The first kappa shape index (κ1) is 20.8. The van der Waals surface area contributed by atoms with E-state index in [1.807, 2.05) is 50.2 Å². The Balaban J connectivity index is 1.85. The number of methoxy groups -OCH3 is 2. The molecule has 0 saturated carbocycles. The molecule has 2 aromatic heterocycles. The largest absolute Gasteiger partial charge is 0.495 e. The van der Waals surface area contributed by atoms with Crippen LogP contribution in [0.4, 0.5) is 5.13 Å². The van der Waals surface area contributed by atoms with Crippen molar-refractivity contribution in [1.82, 2.24) is 9.97 Å². The first-order valence-corrected chi connectivity index (χ1v) is 10.6. The Morgan fingerprint density at radius 1 is 1.03 bits per heavy atom. The highest BCUT2D eigenvalue weighted by Gasteiger charge is 2.24. The number of aromatic nitrogens is 2. The SMILES string of the molecule is COc1ccc(OC)c2sc(N(Cc3cccnc3)C(=O)c3cc(C)cc(C)c3)nc12. The molecule has 4 rings (SSSR count). The van der Waals surface area contributed by atoms with Crippen LogP contribution < -0.4 is 14.4 Å². The van der Waals surface area contributed by atoms with Crippen molar-refractivity contribution in [2.24, 2.45) is 0 Å². The molecule has 0 aliphatic heterocycles. The second-order valence-electron chi connectivity index (χ2n) is 7.27. The average Bonchev–Trinajstić information content (AvgIpc) is 3.21. The summed E-state index contributed by atoms with van der Waals surface area (Å²) in [5.41, 5.74) is 4.29. The van der Waals surface area contributed by atoms with Crippen LogP contribution in [0.2, 0.25) is 0 Å². The maximum absolute atomic E-state index is 13.6. The van der Waals surface area contributed by atoms with E-state index in [1.165, 1.54) is 11.3 Å². The number of ether oxygens (including phenoxy) is 2. The van der Waals surface area contributed by atoms with Crippen molar-refractivity contribution >= 4 is 32.6 Å². The molecule has 6 nitrogen and oxygen atoms in total. The Kier molecular flexibility index (Phi) is 5.86. The topological polar surface area (TPSA) is 64.6 Å². The maximum Gasteiger partial charge on any atom is 0.260 e. The van der Waals surface area contributed by atoms with Crippen LogP contribution in [-0.2, 0) is 6.54 Å². The molecule has 1 amide bonds. The van der Waals surface area contributed by atoms with Crippen LogP contribution in [0.5, 0.6) is 11.5 Å². The minimum atomic E-state index is -0.118. The van der Waals surface area contributed by atoms with E-state index in [4.69, 9.17) is 14.5 Å². The van der Waals surface area contributed by atoms with Gasteiger partial charge in [-0.3, -0.25) is 14.7 Å². The van der Waals surface area contributed by atoms with Gasteiger partial charge in [-0.2, -0.15) is 0 Å². The molecule has 0 saturated heterocycles. The summed E-state index contributed by atoms with van der Waals surface area (Å²) in [7, 11) is 3.23. The lowest BCUT2D eigenvalue weighted by molar-refractivity contribution is 0.0985.